The number of nitrogens with zero attached hydrogens (tertiary/aromatic N) is 1. The van der Waals surface area contributed by atoms with Gasteiger partial charge in [0.1, 0.15) is 11.5 Å². The summed E-state index contributed by atoms with van der Waals surface area (Å²) in [6.45, 7) is 0. The Labute approximate surface area is 214 Å². The van der Waals surface area contributed by atoms with Crippen LogP contribution in [0.5, 0.6) is 11.5 Å². The molecule has 0 aliphatic rings. The summed E-state index contributed by atoms with van der Waals surface area (Å²) in [7, 11) is 3.30. The SMILES string of the molecule is COc1cc(CSCc2csc(NC(=O)CC(c3ccccc3)c3ccccc3)n2)cc(OC)c1. The Hall–Kier alpha value is -3.29. The molecule has 1 amide bonds. The zero-order valence-corrected chi connectivity index (χ0v) is 21.4. The average Bonchev–Trinajstić information content (AvgIpc) is 3.34. The number of amides is 1. The molecular weight excluding hydrogens is 476 g/mol. The number of thiazole rings is 1. The Bertz CT molecular complexity index is 1170. The maximum absolute atomic E-state index is 12.9. The molecule has 180 valence electrons. The number of aromatic nitrogens is 1. The first-order chi connectivity index (χ1) is 17.1. The van der Waals surface area contributed by atoms with Gasteiger partial charge in [-0.3, -0.25) is 4.79 Å². The van der Waals surface area contributed by atoms with Crippen LogP contribution in [0.3, 0.4) is 0 Å². The highest BCUT2D eigenvalue weighted by Crippen LogP contribution is 2.30. The summed E-state index contributed by atoms with van der Waals surface area (Å²) in [4.78, 5) is 17.5. The van der Waals surface area contributed by atoms with E-state index < -0.39 is 0 Å². The summed E-state index contributed by atoms with van der Waals surface area (Å²) in [5, 5.41) is 5.63. The van der Waals surface area contributed by atoms with Gasteiger partial charge in [-0.05, 0) is 28.8 Å². The van der Waals surface area contributed by atoms with Gasteiger partial charge in [0.15, 0.2) is 5.13 Å². The van der Waals surface area contributed by atoms with Crippen LogP contribution in [0.25, 0.3) is 0 Å². The van der Waals surface area contributed by atoms with Crippen molar-refractivity contribution < 1.29 is 14.3 Å². The third-order valence-electron chi connectivity index (χ3n) is 5.52. The summed E-state index contributed by atoms with van der Waals surface area (Å²) in [6.07, 6.45) is 0.357. The van der Waals surface area contributed by atoms with E-state index in [-0.39, 0.29) is 11.8 Å². The minimum atomic E-state index is -0.0419. The third-order valence-corrected chi connectivity index (χ3v) is 7.37. The second-order valence-corrected chi connectivity index (χ2v) is 9.83. The molecule has 0 unspecified atom stereocenters. The van der Waals surface area contributed by atoms with Crippen molar-refractivity contribution in [3.05, 3.63) is 107 Å². The predicted molar refractivity (Wildman–Crippen MR) is 145 cm³/mol. The molecule has 3 aromatic carbocycles. The number of carbonyl (C=O) groups excluding carboxylic acids is 1. The fourth-order valence-corrected chi connectivity index (χ4v) is 5.50. The lowest BCUT2D eigenvalue weighted by molar-refractivity contribution is -0.116. The minimum absolute atomic E-state index is 0.00718. The van der Waals surface area contributed by atoms with Crippen molar-refractivity contribution in [2.75, 3.05) is 19.5 Å². The number of carbonyl (C=O) groups is 1. The number of rotatable bonds is 11. The predicted octanol–water partition coefficient (Wildman–Crippen LogP) is 6.75. The van der Waals surface area contributed by atoms with Gasteiger partial charge in [-0.2, -0.15) is 11.8 Å². The number of hydrogen-bond acceptors (Lipinski definition) is 6. The molecule has 0 aliphatic heterocycles. The van der Waals surface area contributed by atoms with Crippen LogP contribution >= 0.6 is 23.1 Å². The van der Waals surface area contributed by atoms with E-state index in [1.165, 1.54) is 11.3 Å². The van der Waals surface area contributed by atoms with Crippen molar-refractivity contribution in [3.63, 3.8) is 0 Å². The maximum atomic E-state index is 12.9. The normalized spacial score (nSPS) is 10.8. The van der Waals surface area contributed by atoms with Gasteiger partial charge in [0.25, 0.3) is 0 Å². The van der Waals surface area contributed by atoms with E-state index in [0.29, 0.717) is 11.6 Å². The Morgan fingerprint density at radius 1 is 0.914 bits per heavy atom. The number of methoxy groups -OCH3 is 2. The number of nitrogens with one attached hydrogen (secondary N) is 1. The lowest BCUT2D eigenvalue weighted by Crippen LogP contribution is -2.16. The molecule has 0 atom stereocenters. The second-order valence-electron chi connectivity index (χ2n) is 7.98. The molecule has 35 heavy (non-hydrogen) atoms. The van der Waals surface area contributed by atoms with E-state index in [9.17, 15) is 4.79 Å². The molecule has 0 bridgehead atoms. The van der Waals surface area contributed by atoms with Crippen LogP contribution in [0, 0.1) is 0 Å². The van der Waals surface area contributed by atoms with E-state index in [1.54, 1.807) is 26.0 Å². The Morgan fingerprint density at radius 3 is 2.09 bits per heavy atom. The quantitative estimate of drug-likeness (QED) is 0.245. The van der Waals surface area contributed by atoms with Crippen LogP contribution < -0.4 is 14.8 Å². The van der Waals surface area contributed by atoms with Gasteiger partial charge in [-0.1, -0.05) is 60.7 Å². The van der Waals surface area contributed by atoms with Crippen molar-refractivity contribution in [3.8, 4) is 11.5 Å². The van der Waals surface area contributed by atoms with Gasteiger partial charge in [-0.25, -0.2) is 4.98 Å². The highest BCUT2D eigenvalue weighted by Gasteiger charge is 2.19. The standard InChI is InChI=1S/C28H28N2O3S2/c1-32-24-13-20(14-25(15-24)33-2)17-34-18-23-19-35-28(29-23)30-27(31)16-26(21-9-5-3-6-10-21)22-11-7-4-8-12-22/h3-15,19,26H,16-18H2,1-2H3,(H,29,30,31). The third kappa shape index (κ3) is 7.10. The summed E-state index contributed by atoms with van der Waals surface area (Å²) >= 11 is 3.21. The Kier molecular flexibility index (Phi) is 8.81. The van der Waals surface area contributed by atoms with Gasteiger partial charge in [-0.15, -0.1) is 11.3 Å². The summed E-state index contributed by atoms with van der Waals surface area (Å²) in [6, 6.07) is 26.2. The molecule has 0 fully saturated rings. The zero-order valence-electron chi connectivity index (χ0n) is 19.8. The number of anilines is 1. The largest absolute Gasteiger partial charge is 0.497 e. The molecule has 0 spiro atoms. The first-order valence-corrected chi connectivity index (χ1v) is 13.3. The highest BCUT2D eigenvalue weighted by molar-refractivity contribution is 7.97. The van der Waals surface area contributed by atoms with Crippen molar-refractivity contribution in [1.29, 1.82) is 0 Å². The highest BCUT2D eigenvalue weighted by atomic mass is 32.2. The summed E-state index contributed by atoms with van der Waals surface area (Å²) in [5.41, 5.74) is 4.33. The zero-order chi connectivity index (χ0) is 24.5. The first-order valence-electron chi connectivity index (χ1n) is 11.3. The fraction of sp³-hybridized carbons (Fsp3) is 0.214. The van der Waals surface area contributed by atoms with E-state index in [0.717, 1.165) is 45.4 Å². The lowest BCUT2D eigenvalue weighted by Gasteiger charge is -2.17. The van der Waals surface area contributed by atoms with E-state index >= 15 is 0 Å². The van der Waals surface area contributed by atoms with Gasteiger partial charge in [0.2, 0.25) is 5.91 Å². The number of thioether (sulfide) groups is 1. The molecule has 0 radical (unpaired) electrons. The molecule has 1 heterocycles. The maximum Gasteiger partial charge on any atom is 0.227 e. The van der Waals surface area contributed by atoms with Crippen molar-refractivity contribution in [2.45, 2.75) is 23.8 Å². The molecule has 4 aromatic rings. The van der Waals surface area contributed by atoms with Gasteiger partial charge >= 0.3 is 0 Å². The van der Waals surface area contributed by atoms with Crippen LogP contribution in [0.4, 0.5) is 5.13 Å². The molecule has 1 N–H and O–H groups in total. The van der Waals surface area contributed by atoms with E-state index in [1.807, 2.05) is 60.0 Å². The monoisotopic (exact) mass is 504 g/mol. The average molecular weight is 505 g/mol. The van der Waals surface area contributed by atoms with Crippen molar-refractivity contribution >= 4 is 34.1 Å². The van der Waals surface area contributed by atoms with E-state index in [4.69, 9.17) is 9.47 Å². The molecule has 5 nitrogen and oxygen atoms in total. The van der Waals surface area contributed by atoms with E-state index in [2.05, 4.69) is 34.6 Å². The lowest BCUT2D eigenvalue weighted by atomic mass is 9.88. The van der Waals surface area contributed by atoms with Crippen LogP contribution in [0.1, 0.15) is 34.7 Å². The fourth-order valence-electron chi connectivity index (χ4n) is 3.81. The van der Waals surface area contributed by atoms with Gasteiger partial charge < -0.3 is 14.8 Å². The number of ether oxygens (including phenoxy) is 2. The topological polar surface area (TPSA) is 60.5 Å². The van der Waals surface area contributed by atoms with Gasteiger partial charge in [0, 0.05) is 35.3 Å². The smallest absolute Gasteiger partial charge is 0.227 e. The van der Waals surface area contributed by atoms with Crippen LogP contribution in [0.15, 0.2) is 84.2 Å². The summed E-state index contributed by atoms with van der Waals surface area (Å²) in [5.74, 6) is 3.07. The number of hydrogen-bond donors (Lipinski definition) is 1. The van der Waals surface area contributed by atoms with Crippen LogP contribution in [-0.4, -0.2) is 25.1 Å². The van der Waals surface area contributed by atoms with Crippen LogP contribution in [0.2, 0.25) is 0 Å². The van der Waals surface area contributed by atoms with Crippen molar-refractivity contribution in [1.82, 2.24) is 4.98 Å². The molecule has 4 rings (SSSR count). The van der Waals surface area contributed by atoms with Crippen molar-refractivity contribution in [2.24, 2.45) is 0 Å². The molecular formula is C28H28N2O3S2. The molecule has 0 aliphatic carbocycles. The molecule has 7 heteroatoms. The van der Waals surface area contributed by atoms with Crippen LogP contribution in [-0.2, 0) is 16.3 Å². The second kappa shape index (κ2) is 12.4. The van der Waals surface area contributed by atoms with Gasteiger partial charge in [0.05, 0.1) is 19.9 Å². The Morgan fingerprint density at radius 2 is 1.51 bits per heavy atom. The molecule has 1 aromatic heterocycles. The minimum Gasteiger partial charge on any atom is -0.497 e. The molecule has 0 saturated carbocycles. The first kappa shape index (κ1) is 24.8. The molecule has 0 saturated heterocycles. The Balaban J connectivity index is 1.34. The summed E-state index contributed by atoms with van der Waals surface area (Å²) < 4.78 is 10.7. The number of benzene rings is 3.